The predicted molar refractivity (Wildman–Crippen MR) is 122 cm³/mol. The fraction of sp³-hybridized carbons (Fsp3) is 0.704. The second kappa shape index (κ2) is 8.31. The van der Waals surface area contributed by atoms with Gasteiger partial charge >= 0.3 is 0 Å². The normalized spacial score (nSPS) is 38.4. The number of hydrogen-bond donors (Lipinski definition) is 3. The van der Waals surface area contributed by atoms with E-state index in [2.05, 4.69) is 25.6 Å². The van der Waals surface area contributed by atoms with Gasteiger partial charge in [-0.25, -0.2) is 0 Å². The van der Waals surface area contributed by atoms with Crippen LogP contribution < -0.4 is 0 Å². The number of rotatable bonds is 7. The quantitative estimate of drug-likeness (QED) is 0.396. The van der Waals surface area contributed by atoms with Crippen molar-refractivity contribution in [2.24, 2.45) is 22.7 Å². The van der Waals surface area contributed by atoms with E-state index in [9.17, 15) is 15.3 Å². The summed E-state index contributed by atoms with van der Waals surface area (Å²) in [6.45, 7) is 8.58. The van der Waals surface area contributed by atoms with Crippen LogP contribution in [0.4, 0.5) is 0 Å². The second-order valence-corrected chi connectivity index (χ2v) is 10.8. The van der Waals surface area contributed by atoms with E-state index < -0.39 is 0 Å². The van der Waals surface area contributed by atoms with Crippen molar-refractivity contribution in [1.29, 1.82) is 0 Å². The molecular weight excluding hydrogens is 372 g/mol. The Balaban J connectivity index is 1.67. The predicted octanol–water partition coefficient (Wildman–Crippen LogP) is 5.72. The molecule has 1 aromatic carbocycles. The average Bonchev–Trinajstić information content (AvgIpc) is 3.01. The van der Waals surface area contributed by atoms with E-state index in [0.29, 0.717) is 23.5 Å². The first-order valence-electron chi connectivity index (χ1n) is 12.1. The number of aryl methyl sites for hydroxylation is 1. The summed E-state index contributed by atoms with van der Waals surface area (Å²) < 4.78 is 0. The number of fused-ring (bicyclic) bond motifs is 5. The molecule has 0 aromatic heterocycles. The van der Waals surface area contributed by atoms with Crippen LogP contribution in [0.1, 0.15) is 88.7 Å². The highest BCUT2D eigenvalue weighted by Crippen LogP contribution is 2.69. The molecule has 2 fully saturated rings. The van der Waals surface area contributed by atoms with Crippen LogP contribution in [0.15, 0.2) is 30.9 Å². The van der Waals surface area contributed by atoms with Gasteiger partial charge < -0.3 is 15.3 Å². The molecule has 3 aliphatic rings. The van der Waals surface area contributed by atoms with E-state index in [1.54, 1.807) is 0 Å². The first-order chi connectivity index (χ1) is 14.3. The molecule has 7 atom stereocenters. The summed E-state index contributed by atoms with van der Waals surface area (Å²) in [4.78, 5) is 0. The molecular formula is C27H40O3. The minimum Gasteiger partial charge on any atom is -0.508 e. The number of aliphatic hydroxyl groups excluding tert-OH is 2. The van der Waals surface area contributed by atoms with Gasteiger partial charge in [0.2, 0.25) is 0 Å². The van der Waals surface area contributed by atoms with Crippen LogP contribution in [-0.4, -0.2) is 27.5 Å². The topological polar surface area (TPSA) is 60.7 Å². The van der Waals surface area contributed by atoms with Gasteiger partial charge in [-0.1, -0.05) is 38.3 Å². The fourth-order valence-electron chi connectivity index (χ4n) is 7.72. The third-order valence-electron chi connectivity index (χ3n) is 9.05. The molecule has 2 saturated carbocycles. The monoisotopic (exact) mass is 412 g/mol. The molecule has 3 N–H and O–H groups in total. The number of aromatic hydroxyl groups is 1. The van der Waals surface area contributed by atoms with Gasteiger partial charge in [-0.3, -0.25) is 0 Å². The van der Waals surface area contributed by atoms with Gasteiger partial charge in [-0.15, -0.1) is 6.58 Å². The third-order valence-corrected chi connectivity index (χ3v) is 9.05. The highest BCUT2D eigenvalue weighted by atomic mass is 16.3. The van der Waals surface area contributed by atoms with E-state index >= 15 is 0 Å². The fourth-order valence-corrected chi connectivity index (χ4v) is 7.72. The van der Waals surface area contributed by atoms with Crippen LogP contribution in [0.5, 0.6) is 5.75 Å². The van der Waals surface area contributed by atoms with Gasteiger partial charge in [0, 0.05) is 0 Å². The Kier molecular flexibility index (Phi) is 6.07. The van der Waals surface area contributed by atoms with Crippen LogP contribution in [-0.2, 0) is 6.42 Å². The van der Waals surface area contributed by atoms with Crippen LogP contribution in [0.2, 0.25) is 0 Å². The molecule has 0 saturated heterocycles. The molecule has 3 heteroatoms. The van der Waals surface area contributed by atoms with Gasteiger partial charge in [0.05, 0.1) is 12.2 Å². The van der Waals surface area contributed by atoms with Gasteiger partial charge in [-0.2, -0.15) is 0 Å². The first-order valence-corrected chi connectivity index (χ1v) is 12.1. The Morgan fingerprint density at radius 3 is 2.77 bits per heavy atom. The Morgan fingerprint density at radius 1 is 1.23 bits per heavy atom. The summed E-state index contributed by atoms with van der Waals surface area (Å²) >= 11 is 0. The van der Waals surface area contributed by atoms with Crippen LogP contribution in [0, 0.1) is 22.7 Å². The SMILES string of the molecule is C=CC12CCc3cc(O)ccc3[C@H]1[C@@H](CCCCC[C@@H](C)O)C[C@]1(C)[C@@H](O)CC[C@@H]21. The van der Waals surface area contributed by atoms with E-state index in [1.165, 1.54) is 17.5 Å². The van der Waals surface area contributed by atoms with E-state index in [1.807, 2.05) is 19.1 Å². The smallest absolute Gasteiger partial charge is 0.115 e. The van der Waals surface area contributed by atoms with Gasteiger partial charge in [0.15, 0.2) is 0 Å². The zero-order chi connectivity index (χ0) is 21.5. The van der Waals surface area contributed by atoms with Crippen molar-refractivity contribution in [1.82, 2.24) is 0 Å². The Hall–Kier alpha value is -1.32. The van der Waals surface area contributed by atoms with E-state index in [4.69, 9.17) is 0 Å². The summed E-state index contributed by atoms with van der Waals surface area (Å²) in [5.74, 6) is 1.80. The lowest BCUT2D eigenvalue weighted by Gasteiger charge is -2.60. The van der Waals surface area contributed by atoms with Crippen molar-refractivity contribution in [3.8, 4) is 5.75 Å². The Labute approximate surface area is 182 Å². The molecule has 0 aliphatic heterocycles. The number of hydrogen-bond acceptors (Lipinski definition) is 3. The molecule has 1 aromatic rings. The number of phenols is 1. The molecule has 0 radical (unpaired) electrons. The lowest BCUT2D eigenvalue weighted by Crippen LogP contribution is -2.54. The lowest BCUT2D eigenvalue weighted by atomic mass is 9.44. The molecule has 30 heavy (non-hydrogen) atoms. The zero-order valence-electron chi connectivity index (χ0n) is 18.8. The summed E-state index contributed by atoms with van der Waals surface area (Å²) in [5, 5.41) is 30.6. The molecule has 166 valence electrons. The first kappa shape index (κ1) is 21.9. The van der Waals surface area contributed by atoms with Gasteiger partial charge in [0.1, 0.15) is 5.75 Å². The Bertz CT molecular complexity index is 771. The average molecular weight is 413 g/mol. The van der Waals surface area contributed by atoms with Crippen LogP contribution >= 0.6 is 0 Å². The number of aliphatic hydroxyl groups is 2. The number of unbranched alkanes of at least 4 members (excludes halogenated alkanes) is 2. The van der Waals surface area contributed by atoms with Crippen molar-refractivity contribution in [3.63, 3.8) is 0 Å². The lowest BCUT2D eigenvalue weighted by molar-refractivity contribution is -0.0812. The van der Waals surface area contributed by atoms with E-state index in [-0.39, 0.29) is 23.0 Å². The maximum atomic E-state index is 11.0. The second-order valence-electron chi connectivity index (χ2n) is 10.8. The van der Waals surface area contributed by atoms with Crippen LogP contribution in [0.3, 0.4) is 0 Å². The van der Waals surface area contributed by atoms with Crippen molar-refractivity contribution in [3.05, 3.63) is 42.0 Å². The maximum Gasteiger partial charge on any atom is 0.115 e. The molecule has 0 spiro atoms. The highest BCUT2D eigenvalue weighted by Gasteiger charge is 2.63. The highest BCUT2D eigenvalue weighted by molar-refractivity contribution is 5.43. The molecule has 3 nitrogen and oxygen atoms in total. The minimum atomic E-state index is -0.209. The van der Waals surface area contributed by atoms with Crippen molar-refractivity contribution >= 4 is 0 Å². The Morgan fingerprint density at radius 2 is 2.03 bits per heavy atom. The minimum absolute atomic E-state index is 0.0244. The number of phenolic OH excluding ortho intramolecular Hbond substituents is 1. The summed E-state index contributed by atoms with van der Waals surface area (Å²) in [7, 11) is 0. The third kappa shape index (κ3) is 3.52. The molecule has 3 aliphatic carbocycles. The molecule has 0 amide bonds. The largest absolute Gasteiger partial charge is 0.508 e. The molecule has 0 bridgehead atoms. The molecule has 4 rings (SSSR count). The number of benzene rings is 1. The van der Waals surface area contributed by atoms with E-state index in [0.717, 1.165) is 57.8 Å². The van der Waals surface area contributed by atoms with Crippen molar-refractivity contribution < 1.29 is 15.3 Å². The zero-order valence-corrected chi connectivity index (χ0v) is 18.8. The molecule has 0 heterocycles. The van der Waals surface area contributed by atoms with Crippen LogP contribution in [0.25, 0.3) is 0 Å². The van der Waals surface area contributed by atoms with Crippen molar-refractivity contribution in [2.45, 2.75) is 96.2 Å². The van der Waals surface area contributed by atoms with Gasteiger partial charge in [-0.05, 0) is 104 Å². The standard InChI is InChI=1S/C27H40O3/c1-4-27-15-14-19-16-21(29)10-11-22(19)25(27)20(9-7-5-6-8-18(2)28)17-26(3)23(27)12-13-24(26)30/h4,10-11,16,18,20,23-25,28-30H,1,5-9,12-15,17H2,2-3H3/t18-,20+,23-,24+,25-,26+,27?/m1/s1. The van der Waals surface area contributed by atoms with Gasteiger partial charge in [0.25, 0.3) is 0 Å². The summed E-state index contributed by atoms with van der Waals surface area (Å²) in [5.41, 5.74) is 2.73. The molecule has 1 unspecified atom stereocenters. The van der Waals surface area contributed by atoms with Crippen molar-refractivity contribution in [2.75, 3.05) is 0 Å². The summed E-state index contributed by atoms with van der Waals surface area (Å²) in [6.07, 6.45) is 12.4. The maximum absolute atomic E-state index is 11.0. The summed E-state index contributed by atoms with van der Waals surface area (Å²) in [6, 6.07) is 6.00. The number of allylic oxidation sites excluding steroid dienone is 1.